The number of fused-ring (bicyclic) bond motifs is 3. The van der Waals surface area contributed by atoms with E-state index in [2.05, 4.69) is 25.9 Å². The number of pyridine rings is 2. The van der Waals surface area contributed by atoms with E-state index in [0.29, 0.717) is 32.6 Å². The monoisotopic (exact) mass is 417 g/mol. The minimum absolute atomic E-state index is 0.0378. The van der Waals surface area contributed by atoms with Crippen LogP contribution in [0.2, 0.25) is 0 Å². The maximum atomic E-state index is 14.3. The molecular formula is C18H13BrFN3O3. The number of hydrogen-bond acceptors (Lipinski definition) is 5. The van der Waals surface area contributed by atoms with Crippen molar-refractivity contribution in [3.8, 4) is 5.88 Å². The second-order valence-electron chi connectivity index (χ2n) is 5.73. The van der Waals surface area contributed by atoms with Gasteiger partial charge in [0.2, 0.25) is 5.88 Å². The number of anilines is 1. The van der Waals surface area contributed by atoms with Crippen LogP contribution < -0.4 is 9.64 Å². The second-order valence-corrected chi connectivity index (χ2v) is 6.65. The van der Waals surface area contributed by atoms with Crippen LogP contribution in [-0.2, 0) is 17.9 Å². The molecule has 0 aliphatic carbocycles. The largest absolute Gasteiger partial charge is 0.481 e. The van der Waals surface area contributed by atoms with Gasteiger partial charge in [-0.2, -0.15) is 4.98 Å². The highest BCUT2D eigenvalue weighted by molar-refractivity contribution is 9.10. The molecule has 6 nitrogen and oxygen atoms in total. The second kappa shape index (κ2) is 6.53. The van der Waals surface area contributed by atoms with Crippen LogP contribution in [-0.4, -0.2) is 23.2 Å². The number of benzene rings is 1. The van der Waals surface area contributed by atoms with Gasteiger partial charge in [-0.15, -0.1) is 0 Å². The highest BCUT2D eigenvalue weighted by atomic mass is 79.9. The first-order valence-corrected chi connectivity index (χ1v) is 8.57. The van der Waals surface area contributed by atoms with Crippen molar-refractivity contribution in [3.05, 3.63) is 57.9 Å². The van der Waals surface area contributed by atoms with E-state index in [-0.39, 0.29) is 13.2 Å². The van der Waals surface area contributed by atoms with Gasteiger partial charge in [0.1, 0.15) is 12.4 Å². The van der Waals surface area contributed by atoms with Crippen molar-refractivity contribution >= 4 is 38.7 Å². The van der Waals surface area contributed by atoms with E-state index in [1.807, 2.05) is 0 Å². The zero-order valence-corrected chi connectivity index (χ0v) is 15.3. The molecule has 2 aromatic heterocycles. The minimum Gasteiger partial charge on any atom is -0.481 e. The Hall–Kier alpha value is -2.74. The topological polar surface area (TPSA) is 64.6 Å². The molecule has 1 aromatic carbocycles. The molecular weight excluding hydrogens is 405 g/mol. The average molecular weight is 418 g/mol. The van der Waals surface area contributed by atoms with Crippen molar-refractivity contribution in [2.24, 2.45) is 0 Å². The summed E-state index contributed by atoms with van der Waals surface area (Å²) in [6.45, 7) is 0.151. The summed E-state index contributed by atoms with van der Waals surface area (Å²) >= 11 is 3.23. The predicted molar refractivity (Wildman–Crippen MR) is 96.6 cm³/mol. The average Bonchev–Trinajstić information content (AvgIpc) is 2.64. The molecule has 3 aromatic rings. The number of carbonyl (C=O) groups excluding carboxylic acids is 1. The van der Waals surface area contributed by atoms with E-state index in [4.69, 9.17) is 9.47 Å². The van der Waals surface area contributed by atoms with Gasteiger partial charge in [-0.3, -0.25) is 4.90 Å². The number of amides is 1. The molecule has 4 rings (SSSR count). The van der Waals surface area contributed by atoms with Crippen molar-refractivity contribution in [1.29, 1.82) is 0 Å². The highest BCUT2D eigenvalue weighted by Crippen LogP contribution is 2.35. The number of ether oxygens (including phenoxy) is 2. The fraction of sp³-hybridized carbons (Fsp3) is 0.167. The summed E-state index contributed by atoms with van der Waals surface area (Å²) in [4.78, 5) is 22.4. The first-order chi connectivity index (χ1) is 12.6. The lowest BCUT2D eigenvalue weighted by Gasteiger charge is -2.30. The van der Waals surface area contributed by atoms with Crippen LogP contribution >= 0.6 is 15.9 Å². The molecule has 1 aliphatic rings. The number of cyclic esters (lactones) is 1. The summed E-state index contributed by atoms with van der Waals surface area (Å²) in [6.07, 6.45) is 1.07. The first-order valence-electron chi connectivity index (χ1n) is 7.77. The summed E-state index contributed by atoms with van der Waals surface area (Å²) in [7, 11) is 1.52. The summed E-state index contributed by atoms with van der Waals surface area (Å²) in [5, 5.41) is 0.678. The van der Waals surface area contributed by atoms with Gasteiger partial charge in [0, 0.05) is 33.2 Å². The van der Waals surface area contributed by atoms with E-state index < -0.39 is 11.9 Å². The molecule has 0 fully saturated rings. The van der Waals surface area contributed by atoms with Crippen LogP contribution in [0.15, 0.2) is 41.0 Å². The molecule has 26 heavy (non-hydrogen) atoms. The molecule has 1 aliphatic heterocycles. The van der Waals surface area contributed by atoms with Gasteiger partial charge in [-0.05, 0) is 18.2 Å². The van der Waals surface area contributed by atoms with E-state index >= 15 is 0 Å². The maximum absolute atomic E-state index is 14.3. The quantitative estimate of drug-likeness (QED) is 0.638. The summed E-state index contributed by atoms with van der Waals surface area (Å²) in [5.74, 6) is 0.0197. The smallest absolute Gasteiger partial charge is 0.414 e. The van der Waals surface area contributed by atoms with Crippen LogP contribution in [0.25, 0.3) is 11.0 Å². The van der Waals surface area contributed by atoms with E-state index in [0.717, 1.165) is 5.56 Å². The van der Waals surface area contributed by atoms with E-state index in [1.165, 1.54) is 18.1 Å². The fourth-order valence-electron chi connectivity index (χ4n) is 2.90. The van der Waals surface area contributed by atoms with Gasteiger partial charge in [-0.1, -0.05) is 22.0 Å². The lowest BCUT2D eigenvalue weighted by Crippen LogP contribution is -2.35. The zero-order chi connectivity index (χ0) is 18.3. The lowest BCUT2D eigenvalue weighted by molar-refractivity contribution is 0.141. The number of hydrogen-bond donors (Lipinski definition) is 0. The Balaban J connectivity index is 1.84. The molecule has 132 valence electrons. The Bertz CT molecular complexity index is 1030. The Morgan fingerprint density at radius 1 is 1.35 bits per heavy atom. The third-order valence-electron chi connectivity index (χ3n) is 4.15. The predicted octanol–water partition coefficient (Wildman–Crippen LogP) is 4.20. The maximum Gasteiger partial charge on any atom is 0.414 e. The molecule has 0 bridgehead atoms. The van der Waals surface area contributed by atoms with Crippen molar-refractivity contribution < 1.29 is 18.7 Å². The van der Waals surface area contributed by atoms with Crippen LogP contribution in [0.3, 0.4) is 0 Å². The van der Waals surface area contributed by atoms with Gasteiger partial charge >= 0.3 is 6.09 Å². The molecule has 0 atom stereocenters. The van der Waals surface area contributed by atoms with Gasteiger partial charge in [0.25, 0.3) is 0 Å². The Labute approximate surface area is 156 Å². The molecule has 0 unspecified atom stereocenters. The number of methoxy groups -OCH3 is 1. The molecule has 0 radical (unpaired) electrons. The SMILES string of the molecule is COc1ccc2c3c(cnc2n1)COC(=O)N3Cc1ccc(Br)cc1F. The Kier molecular flexibility index (Phi) is 4.20. The number of carbonyl (C=O) groups is 1. The summed E-state index contributed by atoms with van der Waals surface area (Å²) in [6, 6.07) is 8.21. The van der Waals surface area contributed by atoms with Crippen molar-refractivity contribution in [2.75, 3.05) is 12.0 Å². The molecule has 0 spiro atoms. The summed E-state index contributed by atoms with van der Waals surface area (Å²) in [5.41, 5.74) is 2.19. The normalized spacial score (nSPS) is 13.5. The zero-order valence-electron chi connectivity index (χ0n) is 13.7. The molecule has 1 amide bonds. The fourth-order valence-corrected chi connectivity index (χ4v) is 3.23. The molecule has 0 saturated heterocycles. The number of rotatable bonds is 3. The third-order valence-corrected chi connectivity index (χ3v) is 4.64. The van der Waals surface area contributed by atoms with Crippen LogP contribution in [0.1, 0.15) is 11.1 Å². The minimum atomic E-state index is -0.539. The van der Waals surface area contributed by atoms with Gasteiger partial charge < -0.3 is 9.47 Å². The standard InChI is InChI=1S/C18H13BrFN3O3/c1-25-15-5-4-13-16-11(7-21-17(13)22-15)9-26-18(24)23(16)8-10-2-3-12(19)6-14(10)20/h2-7H,8-9H2,1H3. The van der Waals surface area contributed by atoms with Crippen molar-refractivity contribution in [3.63, 3.8) is 0 Å². The number of aromatic nitrogens is 2. The molecule has 8 heteroatoms. The third kappa shape index (κ3) is 2.86. The molecule has 0 saturated carbocycles. The lowest BCUT2D eigenvalue weighted by atomic mass is 10.1. The Morgan fingerprint density at radius 2 is 2.19 bits per heavy atom. The van der Waals surface area contributed by atoms with Crippen LogP contribution in [0.4, 0.5) is 14.9 Å². The van der Waals surface area contributed by atoms with Gasteiger partial charge in [0.15, 0.2) is 5.65 Å². The van der Waals surface area contributed by atoms with Gasteiger partial charge in [0.05, 0.1) is 19.3 Å². The first kappa shape index (κ1) is 16.7. The van der Waals surface area contributed by atoms with E-state index in [1.54, 1.807) is 30.5 Å². The van der Waals surface area contributed by atoms with Gasteiger partial charge in [-0.25, -0.2) is 14.2 Å². The summed E-state index contributed by atoms with van der Waals surface area (Å²) < 4.78 is 25.2. The van der Waals surface area contributed by atoms with Crippen LogP contribution in [0.5, 0.6) is 5.88 Å². The van der Waals surface area contributed by atoms with Crippen molar-refractivity contribution in [1.82, 2.24) is 9.97 Å². The van der Waals surface area contributed by atoms with Crippen LogP contribution in [0, 0.1) is 5.82 Å². The molecule has 3 heterocycles. The molecule has 0 N–H and O–H groups in total. The van der Waals surface area contributed by atoms with E-state index in [9.17, 15) is 9.18 Å². The van der Waals surface area contributed by atoms with Crippen molar-refractivity contribution in [2.45, 2.75) is 13.2 Å². The number of halogens is 2. The Morgan fingerprint density at radius 3 is 2.96 bits per heavy atom. The number of nitrogens with zero attached hydrogens (tertiary/aromatic N) is 3. The highest BCUT2D eigenvalue weighted by Gasteiger charge is 2.29.